The monoisotopic (exact) mass is 136 g/mol. The molecule has 0 N–H and O–H groups in total. The van der Waals surface area contributed by atoms with Crippen LogP contribution >= 0.6 is 0 Å². The van der Waals surface area contributed by atoms with Crippen LogP contribution in [0.2, 0.25) is 0 Å². The molecule has 0 bridgehead atoms. The molecular weight excluding hydrogens is 122 g/mol. The van der Waals surface area contributed by atoms with E-state index in [1.165, 1.54) is 5.56 Å². The fourth-order valence-corrected chi connectivity index (χ4v) is 0.897. The van der Waals surface area contributed by atoms with Gasteiger partial charge in [-0.05, 0) is 11.5 Å². The fourth-order valence-electron chi connectivity index (χ4n) is 0.897. The molecule has 0 unspecified atom stereocenters. The van der Waals surface area contributed by atoms with Crippen LogP contribution < -0.4 is 4.57 Å². The molecule has 0 spiro atoms. The Bertz CT molecular complexity index is 198. The summed E-state index contributed by atoms with van der Waals surface area (Å²) in [5.74, 6) is 0.640. The largest absolute Gasteiger partial charge is 0.208 e. The van der Waals surface area contributed by atoms with Crippen molar-refractivity contribution in [3.63, 3.8) is 0 Å². The molecule has 1 nitrogen and oxygen atoms in total. The Morgan fingerprint density at radius 2 is 1.70 bits per heavy atom. The third-order valence-electron chi connectivity index (χ3n) is 1.67. The fraction of sp³-hybridized carbons (Fsp3) is 0.444. The molecule has 0 saturated carbocycles. The van der Waals surface area contributed by atoms with E-state index in [0.29, 0.717) is 5.92 Å². The molecule has 1 aromatic rings. The first-order valence-electron chi connectivity index (χ1n) is 3.65. The van der Waals surface area contributed by atoms with Gasteiger partial charge in [0.2, 0.25) is 0 Å². The van der Waals surface area contributed by atoms with E-state index in [1.807, 2.05) is 11.6 Å². The summed E-state index contributed by atoms with van der Waals surface area (Å²) in [7, 11) is 2.03. The SMILES string of the molecule is CC(C)c1cc[n+](C)cc1. The molecule has 0 atom stereocenters. The zero-order valence-corrected chi connectivity index (χ0v) is 6.83. The van der Waals surface area contributed by atoms with E-state index >= 15 is 0 Å². The molecule has 0 fully saturated rings. The minimum Gasteiger partial charge on any atom is -0.208 e. The maximum absolute atomic E-state index is 2.20. The predicted molar refractivity (Wildman–Crippen MR) is 41.7 cm³/mol. The summed E-state index contributed by atoms with van der Waals surface area (Å²) in [6.07, 6.45) is 4.16. The lowest BCUT2D eigenvalue weighted by Gasteiger charge is -2.00. The molecule has 0 radical (unpaired) electrons. The van der Waals surface area contributed by atoms with Gasteiger partial charge in [0.25, 0.3) is 0 Å². The minimum atomic E-state index is 0.640. The molecule has 0 saturated heterocycles. The van der Waals surface area contributed by atoms with Crippen molar-refractivity contribution in [3.8, 4) is 0 Å². The van der Waals surface area contributed by atoms with Gasteiger partial charge in [-0.2, -0.15) is 0 Å². The van der Waals surface area contributed by atoms with E-state index in [1.54, 1.807) is 0 Å². The number of nitrogens with zero attached hydrogens (tertiary/aromatic N) is 1. The Morgan fingerprint density at radius 1 is 1.20 bits per heavy atom. The molecule has 1 aromatic heterocycles. The summed E-state index contributed by atoms with van der Waals surface area (Å²) in [4.78, 5) is 0. The van der Waals surface area contributed by atoms with Crippen LogP contribution in [-0.2, 0) is 7.05 Å². The number of rotatable bonds is 1. The van der Waals surface area contributed by atoms with Crippen molar-refractivity contribution in [1.29, 1.82) is 0 Å². The van der Waals surface area contributed by atoms with Gasteiger partial charge in [0.1, 0.15) is 7.05 Å². The van der Waals surface area contributed by atoms with Crippen LogP contribution in [0.3, 0.4) is 0 Å². The van der Waals surface area contributed by atoms with Gasteiger partial charge in [0, 0.05) is 12.1 Å². The van der Waals surface area contributed by atoms with E-state index in [9.17, 15) is 0 Å². The summed E-state index contributed by atoms with van der Waals surface area (Å²) in [6.45, 7) is 4.41. The molecule has 10 heavy (non-hydrogen) atoms. The lowest BCUT2D eigenvalue weighted by Crippen LogP contribution is -2.26. The summed E-state index contributed by atoms with van der Waals surface area (Å²) in [6, 6.07) is 4.31. The van der Waals surface area contributed by atoms with Crippen LogP contribution in [0.15, 0.2) is 24.5 Å². The topological polar surface area (TPSA) is 3.88 Å². The smallest absolute Gasteiger partial charge is 0.168 e. The molecule has 0 amide bonds. The third-order valence-corrected chi connectivity index (χ3v) is 1.67. The summed E-state index contributed by atoms with van der Waals surface area (Å²) in [5.41, 5.74) is 1.40. The second-order valence-corrected chi connectivity index (χ2v) is 2.95. The lowest BCUT2D eigenvalue weighted by atomic mass is 10.1. The highest BCUT2D eigenvalue weighted by atomic mass is 14.9. The molecular formula is C9H14N+. The molecule has 1 rings (SSSR count). The first-order chi connectivity index (χ1) is 4.70. The van der Waals surface area contributed by atoms with Gasteiger partial charge in [-0.15, -0.1) is 0 Å². The molecule has 54 valence electrons. The van der Waals surface area contributed by atoms with Crippen molar-refractivity contribution in [2.45, 2.75) is 19.8 Å². The maximum atomic E-state index is 2.20. The van der Waals surface area contributed by atoms with Crippen molar-refractivity contribution in [1.82, 2.24) is 0 Å². The maximum Gasteiger partial charge on any atom is 0.168 e. The van der Waals surface area contributed by atoms with E-state index in [0.717, 1.165) is 0 Å². The predicted octanol–water partition coefficient (Wildman–Crippen LogP) is 1.63. The van der Waals surface area contributed by atoms with Gasteiger partial charge in [-0.1, -0.05) is 13.8 Å². The van der Waals surface area contributed by atoms with Crippen molar-refractivity contribution < 1.29 is 4.57 Å². The number of aryl methyl sites for hydroxylation is 1. The number of hydrogen-bond acceptors (Lipinski definition) is 0. The Balaban J connectivity index is 2.89. The first-order valence-corrected chi connectivity index (χ1v) is 3.65. The lowest BCUT2D eigenvalue weighted by molar-refractivity contribution is -0.671. The van der Waals surface area contributed by atoms with Crippen molar-refractivity contribution in [3.05, 3.63) is 30.1 Å². The van der Waals surface area contributed by atoms with Gasteiger partial charge in [0.15, 0.2) is 12.4 Å². The van der Waals surface area contributed by atoms with E-state index in [4.69, 9.17) is 0 Å². The number of aromatic nitrogens is 1. The number of hydrogen-bond donors (Lipinski definition) is 0. The second kappa shape index (κ2) is 2.82. The molecule has 1 heterocycles. The Kier molecular flexibility index (Phi) is 2.05. The number of pyridine rings is 1. The molecule has 0 aliphatic heterocycles. The third kappa shape index (κ3) is 1.56. The Labute approximate surface area is 62.3 Å². The quantitative estimate of drug-likeness (QED) is 0.517. The van der Waals surface area contributed by atoms with E-state index in [2.05, 4.69) is 38.4 Å². The van der Waals surface area contributed by atoms with Crippen molar-refractivity contribution in [2.75, 3.05) is 0 Å². The zero-order chi connectivity index (χ0) is 7.56. The zero-order valence-electron chi connectivity index (χ0n) is 6.83. The second-order valence-electron chi connectivity index (χ2n) is 2.95. The highest BCUT2D eigenvalue weighted by Crippen LogP contribution is 2.10. The Hall–Kier alpha value is -0.850. The summed E-state index contributed by atoms with van der Waals surface area (Å²) < 4.78 is 2.05. The van der Waals surface area contributed by atoms with Gasteiger partial charge < -0.3 is 0 Å². The highest BCUT2D eigenvalue weighted by molar-refractivity contribution is 5.11. The van der Waals surface area contributed by atoms with Gasteiger partial charge in [-0.25, -0.2) is 4.57 Å². The normalized spacial score (nSPS) is 10.4. The molecule has 0 aromatic carbocycles. The average molecular weight is 136 g/mol. The first kappa shape index (κ1) is 7.26. The van der Waals surface area contributed by atoms with E-state index < -0.39 is 0 Å². The van der Waals surface area contributed by atoms with Crippen LogP contribution in [-0.4, -0.2) is 0 Å². The molecule has 1 heteroatoms. The standard InChI is InChI=1S/C9H14N/c1-8(2)9-4-6-10(3)7-5-9/h4-8H,1-3H3/q+1. The van der Waals surface area contributed by atoms with Gasteiger partial charge in [-0.3, -0.25) is 0 Å². The van der Waals surface area contributed by atoms with Gasteiger partial charge >= 0.3 is 0 Å². The Morgan fingerprint density at radius 3 is 2.10 bits per heavy atom. The van der Waals surface area contributed by atoms with Crippen LogP contribution in [0.25, 0.3) is 0 Å². The van der Waals surface area contributed by atoms with Crippen molar-refractivity contribution in [2.24, 2.45) is 7.05 Å². The molecule has 0 aliphatic carbocycles. The summed E-state index contributed by atoms with van der Waals surface area (Å²) in [5, 5.41) is 0. The van der Waals surface area contributed by atoms with Gasteiger partial charge in [0.05, 0.1) is 0 Å². The van der Waals surface area contributed by atoms with Crippen LogP contribution in [0, 0.1) is 0 Å². The van der Waals surface area contributed by atoms with Crippen LogP contribution in [0.4, 0.5) is 0 Å². The van der Waals surface area contributed by atoms with Crippen LogP contribution in [0.1, 0.15) is 25.3 Å². The van der Waals surface area contributed by atoms with E-state index in [-0.39, 0.29) is 0 Å². The van der Waals surface area contributed by atoms with Crippen molar-refractivity contribution >= 4 is 0 Å². The summed E-state index contributed by atoms with van der Waals surface area (Å²) >= 11 is 0. The minimum absolute atomic E-state index is 0.640. The highest BCUT2D eigenvalue weighted by Gasteiger charge is 1.98. The average Bonchev–Trinajstić information content (AvgIpc) is 1.88. The van der Waals surface area contributed by atoms with Crippen LogP contribution in [0.5, 0.6) is 0 Å². The molecule has 0 aliphatic rings.